The lowest BCUT2D eigenvalue weighted by molar-refractivity contribution is -0.0440. The van der Waals surface area contributed by atoms with Gasteiger partial charge in [-0.3, -0.25) is 0 Å². The van der Waals surface area contributed by atoms with Gasteiger partial charge in [-0.1, -0.05) is 11.6 Å². The zero-order valence-corrected chi connectivity index (χ0v) is 14.1. The van der Waals surface area contributed by atoms with Crippen LogP contribution in [0.5, 0.6) is 0 Å². The number of hydrogen-bond donors (Lipinski definition) is 0. The molecule has 1 heterocycles. The first-order valence-corrected chi connectivity index (χ1v) is 8.61. The molecule has 1 fully saturated rings. The van der Waals surface area contributed by atoms with Crippen LogP contribution in [0.2, 0.25) is 5.02 Å². The van der Waals surface area contributed by atoms with Gasteiger partial charge in [0.15, 0.2) is 0 Å². The Morgan fingerprint density at radius 1 is 1.32 bits per heavy atom. The van der Waals surface area contributed by atoms with Gasteiger partial charge in [0.25, 0.3) is 0 Å². The van der Waals surface area contributed by atoms with Crippen molar-refractivity contribution in [3.8, 4) is 0 Å². The molecular formula is C14H18ClNO5S. The van der Waals surface area contributed by atoms with E-state index in [9.17, 15) is 13.2 Å². The molecule has 0 aliphatic carbocycles. The lowest BCUT2D eigenvalue weighted by Crippen LogP contribution is -2.48. The number of methoxy groups -OCH3 is 1. The summed E-state index contributed by atoms with van der Waals surface area (Å²) in [4.78, 5) is 11.7. The Bertz CT molecular complexity index is 666. The van der Waals surface area contributed by atoms with Crippen LogP contribution in [0.3, 0.4) is 0 Å². The molecule has 0 spiro atoms. The van der Waals surface area contributed by atoms with Crippen LogP contribution in [0.25, 0.3) is 0 Å². The molecule has 1 saturated heterocycles. The number of hydrogen-bond acceptors (Lipinski definition) is 5. The fourth-order valence-corrected chi connectivity index (χ4v) is 4.49. The van der Waals surface area contributed by atoms with E-state index in [0.29, 0.717) is 0 Å². The van der Waals surface area contributed by atoms with Gasteiger partial charge in [0.05, 0.1) is 29.8 Å². The molecule has 0 radical (unpaired) electrons. The minimum atomic E-state index is -3.87. The Kier molecular flexibility index (Phi) is 5.11. The van der Waals surface area contributed by atoms with Crippen molar-refractivity contribution in [2.45, 2.75) is 31.0 Å². The fraction of sp³-hybridized carbons (Fsp3) is 0.500. The molecule has 6 nitrogen and oxygen atoms in total. The Labute approximate surface area is 135 Å². The van der Waals surface area contributed by atoms with E-state index in [2.05, 4.69) is 4.74 Å². The summed E-state index contributed by atoms with van der Waals surface area (Å²) in [6.45, 7) is 4.05. The van der Waals surface area contributed by atoms with E-state index in [1.54, 1.807) is 13.8 Å². The van der Waals surface area contributed by atoms with Crippen molar-refractivity contribution in [3.05, 3.63) is 28.8 Å². The molecule has 2 rings (SSSR count). The minimum absolute atomic E-state index is 0.0290. The van der Waals surface area contributed by atoms with Crippen LogP contribution in [0.4, 0.5) is 0 Å². The molecule has 0 bridgehead atoms. The van der Waals surface area contributed by atoms with Crippen molar-refractivity contribution in [1.82, 2.24) is 4.31 Å². The summed E-state index contributed by atoms with van der Waals surface area (Å²) in [6.07, 6.45) is -0.446. The highest BCUT2D eigenvalue weighted by Crippen LogP contribution is 2.27. The Morgan fingerprint density at radius 3 is 2.45 bits per heavy atom. The number of rotatable bonds is 3. The van der Waals surface area contributed by atoms with Gasteiger partial charge in [0.1, 0.15) is 0 Å². The van der Waals surface area contributed by atoms with Gasteiger partial charge in [-0.25, -0.2) is 13.2 Å². The van der Waals surface area contributed by atoms with Crippen molar-refractivity contribution in [2.75, 3.05) is 20.2 Å². The first kappa shape index (κ1) is 17.2. The van der Waals surface area contributed by atoms with Gasteiger partial charge in [-0.05, 0) is 32.0 Å². The van der Waals surface area contributed by atoms with Crippen LogP contribution in [0.1, 0.15) is 24.2 Å². The van der Waals surface area contributed by atoms with Crippen LogP contribution >= 0.6 is 11.6 Å². The van der Waals surface area contributed by atoms with Gasteiger partial charge >= 0.3 is 5.97 Å². The predicted octanol–water partition coefficient (Wildman–Crippen LogP) is 1.92. The van der Waals surface area contributed by atoms with Crippen LogP contribution < -0.4 is 0 Å². The maximum Gasteiger partial charge on any atom is 0.339 e. The zero-order chi connectivity index (χ0) is 16.5. The summed E-state index contributed by atoms with van der Waals surface area (Å²) in [5.74, 6) is -0.718. The van der Waals surface area contributed by atoms with Crippen molar-refractivity contribution in [2.24, 2.45) is 0 Å². The summed E-state index contributed by atoms with van der Waals surface area (Å²) in [5.41, 5.74) is -0.0290. The number of benzene rings is 1. The third-order valence-electron chi connectivity index (χ3n) is 3.35. The Morgan fingerprint density at radius 2 is 1.91 bits per heavy atom. The molecule has 0 N–H and O–H groups in total. The van der Waals surface area contributed by atoms with Crippen LogP contribution in [-0.2, 0) is 19.5 Å². The fourth-order valence-electron chi connectivity index (χ4n) is 2.45. The first-order chi connectivity index (χ1) is 10.3. The van der Waals surface area contributed by atoms with E-state index in [1.807, 2.05) is 0 Å². The van der Waals surface area contributed by atoms with E-state index in [4.69, 9.17) is 16.3 Å². The molecule has 2 atom stereocenters. The maximum absolute atomic E-state index is 12.9. The molecule has 122 valence electrons. The third-order valence-corrected chi connectivity index (χ3v) is 5.46. The molecule has 0 amide bonds. The topological polar surface area (TPSA) is 72.9 Å². The second kappa shape index (κ2) is 6.54. The standard InChI is InChI=1S/C14H18ClNO5S/c1-9-7-16(8-10(2)21-9)22(18,19)13-6-11(15)4-5-12(13)14(17)20-3/h4-6,9-10H,7-8H2,1-3H3/t9-,10-/m0/s1. The second-order valence-corrected chi connectivity index (χ2v) is 7.55. The maximum atomic E-state index is 12.9. The molecular weight excluding hydrogens is 330 g/mol. The normalized spacial score (nSPS) is 23.3. The minimum Gasteiger partial charge on any atom is -0.465 e. The average Bonchev–Trinajstić information content (AvgIpc) is 2.45. The number of morpholine rings is 1. The Balaban J connectivity index is 2.49. The smallest absolute Gasteiger partial charge is 0.339 e. The first-order valence-electron chi connectivity index (χ1n) is 6.79. The Hall–Kier alpha value is -1.15. The molecule has 0 unspecified atom stereocenters. The number of esters is 1. The average molecular weight is 348 g/mol. The largest absolute Gasteiger partial charge is 0.465 e. The number of carbonyl (C=O) groups is 1. The molecule has 1 aromatic carbocycles. The molecule has 1 aromatic rings. The van der Waals surface area contributed by atoms with Crippen molar-refractivity contribution >= 4 is 27.6 Å². The van der Waals surface area contributed by atoms with E-state index >= 15 is 0 Å². The van der Waals surface area contributed by atoms with Gasteiger partial charge in [-0.2, -0.15) is 4.31 Å². The molecule has 0 aromatic heterocycles. The molecule has 1 aliphatic rings. The van der Waals surface area contributed by atoms with E-state index in [-0.39, 0.29) is 40.8 Å². The highest BCUT2D eigenvalue weighted by molar-refractivity contribution is 7.89. The predicted molar refractivity (Wildman–Crippen MR) is 81.6 cm³/mol. The number of nitrogens with zero attached hydrogens (tertiary/aromatic N) is 1. The third kappa shape index (κ3) is 3.43. The van der Waals surface area contributed by atoms with Crippen molar-refractivity contribution in [1.29, 1.82) is 0 Å². The molecule has 22 heavy (non-hydrogen) atoms. The lowest BCUT2D eigenvalue weighted by Gasteiger charge is -2.34. The molecule has 0 saturated carbocycles. The van der Waals surface area contributed by atoms with Crippen molar-refractivity contribution in [3.63, 3.8) is 0 Å². The lowest BCUT2D eigenvalue weighted by atomic mass is 10.2. The second-order valence-electron chi connectivity index (χ2n) is 5.21. The van der Waals surface area contributed by atoms with Crippen molar-refractivity contribution < 1.29 is 22.7 Å². The number of halogens is 1. The number of carbonyl (C=O) groups excluding carboxylic acids is 1. The highest BCUT2D eigenvalue weighted by Gasteiger charge is 2.34. The summed E-state index contributed by atoms with van der Waals surface area (Å²) >= 11 is 5.91. The van der Waals surface area contributed by atoms with Crippen LogP contribution in [-0.4, -0.2) is 51.1 Å². The summed E-state index contributed by atoms with van der Waals surface area (Å²) in [7, 11) is -2.67. The van der Waals surface area contributed by atoms with Crippen LogP contribution in [0, 0.1) is 0 Å². The number of ether oxygens (including phenoxy) is 2. The molecule has 1 aliphatic heterocycles. The van der Waals surface area contributed by atoms with Gasteiger partial charge in [0.2, 0.25) is 10.0 Å². The summed E-state index contributed by atoms with van der Waals surface area (Å²) in [6, 6.07) is 4.08. The molecule has 8 heteroatoms. The van der Waals surface area contributed by atoms with Gasteiger partial charge < -0.3 is 9.47 Å². The van der Waals surface area contributed by atoms with E-state index in [0.717, 1.165) is 0 Å². The number of sulfonamides is 1. The summed E-state index contributed by atoms with van der Waals surface area (Å²) in [5, 5.41) is 0.237. The van der Waals surface area contributed by atoms with E-state index < -0.39 is 16.0 Å². The van der Waals surface area contributed by atoms with Gasteiger partial charge in [0, 0.05) is 18.1 Å². The zero-order valence-electron chi connectivity index (χ0n) is 12.6. The van der Waals surface area contributed by atoms with E-state index in [1.165, 1.54) is 29.6 Å². The quantitative estimate of drug-likeness (QED) is 0.781. The van der Waals surface area contributed by atoms with Gasteiger partial charge in [-0.15, -0.1) is 0 Å². The SMILES string of the molecule is COC(=O)c1ccc(Cl)cc1S(=O)(=O)N1C[C@H](C)O[C@@H](C)C1. The van der Waals surface area contributed by atoms with Crippen LogP contribution in [0.15, 0.2) is 23.1 Å². The summed E-state index contributed by atoms with van der Waals surface area (Å²) < 4.78 is 37.3. The highest BCUT2D eigenvalue weighted by atomic mass is 35.5. The monoisotopic (exact) mass is 347 g/mol.